The molecule has 2 atom stereocenters. The maximum atomic E-state index is 13.5. The number of hydrogen-bond acceptors (Lipinski definition) is 4. The average molecular weight is 450 g/mol. The number of aliphatic carboxylic acids is 1. The molecule has 166 valence electrons. The van der Waals surface area contributed by atoms with E-state index >= 15 is 0 Å². The van der Waals surface area contributed by atoms with Crippen LogP contribution in [-0.4, -0.2) is 35.9 Å². The van der Waals surface area contributed by atoms with Gasteiger partial charge in [-0.05, 0) is 54.3 Å². The number of methoxy groups -OCH3 is 1. The fraction of sp³-hybridized carbons (Fsp3) is 0.231. The summed E-state index contributed by atoms with van der Waals surface area (Å²) >= 11 is 4.40. The predicted octanol–water partition coefficient (Wildman–Crippen LogP) is 4.96. The van der Waals surface area contributed by atoms with Gasteiger partial charge < -0.3 is 9.84 Å². The van der Waals surface area contributed by atoms with Crippen molar-refractivity contribution in [3.8, 4) is 16.9 Å². The summed E-state index contributed by atoms with van der Waals surface area (Å²) in [5, 5.41) is 9.68. The minimum atomic E-state index is -1.07. The highest BCUT2D eigenvalue weighted by Gasteiger charge is 2.32. The molecule has 3 aromatic rings. The normalized spacial score (nSPS) is 12.6. The quantitative estimate of drug-likeness (QED) is 0.453. The van der Waals surface area contributed by atoms with Gasteiger partial charge in [-0.2, -0.15) is 12.6 Å². The van der Waals surface area contributed by atoms with Gasteiger partial charge in [0.2, 0.25) is 5.91 Å². The average Bonchev–Trinajstić information content (AvgIpc) is 2.83. The first-order valence-electron chi connectivity index (χ1n) is 10.4. The molecule has 0 bridgehead atoms. The maximum Gasteiger partial charge on any atom is 0.326 e. The lowest BCUT2D eigenvalue weighted by Crippen LogP contribution is -2.47. The van der Waals surface area contributed by atoms with Crippen LogP contribution in [0.15, 0.2) is 78.9 Å². The zero-order valence-electron chi connectivity index (χ0n) is 18.1. The smallest absolute Gasteiger partial charge is 0.326 e. The molecule has 32 heavy (non-hydrogen) atoms. The molecule has 0 fully saturated rings. The number of carbonyl (C=O) groups excluding carboxylic acids is 1. The molecule has 6 heteroatoms. The predicted molar refractivity (Wildman–Crippen MR) is 131 cm³/mol. The number of carboxylic acids is 1. The summed E-state index contributed by atoms with van der Waals surface area (Å²) in [6.07, 6.45) is 0.435. The van der Waals surface area contributed by atoms with Crippen LogP contribution in [0.2, 0.25) is 0 Å². The van der Waals surface area contributed by atoms with Crippen LogP contribution < -0.4 is 9.64 Å². The summed E-state index contributed by atoms with van der Waals surface area (Å²) in [5.74, 6) is -0.822. The molecule has 0 aromatic heterocycles. The monoisotopic (exact) mass is 449 g/mol. The van der Waals surface area contributed by atoms with Crippen molar-refractivity contribution >= 4 is 30.2 Å². The SMILES string of the molecule is COc1cccc(CC(CS)C(=O)N(c2ccc(-c3ccccc3)cc2)[C@@H](C)C(=O)O)c1. The number of thiol groups is 1. The van der Waals surface area contributed by atoms with Crippen LogP contribution in [0.5, 0.6) is 5.75 Å². The fourth-order valence-electron chi connectivity index (χ4n) is 3.61. The topological polar surface area (TPSA) is 66.8 Å². The molecule has 0 heterocycles. The maximum absolute atomic E-state index is 13.5. The second-order valence-corrected chi connectivity index (χ2v) is 7.94. The number of nitrogens with zero attached hydrogens (tertiary/aromatic N) is 1. The molecule has 5 nitrogen and oxygen atoms in total. The molecule has 3 aromatic carbocycles. The third-order valence-corrected chi connectivity index (χ3v) is 5.86. The van der Waals surface area contributed by atoms with Crippen molar-refractivity contribution in [2.75, 3.05) is 17.8 Å². The van der Waals surface area contributed by atoms with Crippen LogP contribution in [0.25, 0.3) is 11.1 Å². The lowest BCUT2D eigenvalue weighted by Gasteiger charge is -2.30. The molecule has 1 unspecified atom stereocenters. The minimum absolute atomic E-state index is 0.273. The third-order valence-electron chi connectivity index (χ3n) is 5.42. The number of amides is 1. The van der Waals surface area contributed by atoms with Crippen LogP contribution in [0.3, 0.4) is 0 Å². The van der Waals surface area contributed by atoms with Crippen LogP contribution in [0.4, 0.5) is 5.69 Å². The van der Waals surface area contributed by atoms with Gasteiger partial charge in [0.05, 0.1) is 13.0 Å². The Balaban J connectivity index is 1.90. The first kappa shape index (κ1) is 23.4. The number of ether oxygens (including phenoxy) is 1. The van der Waals surface area contributed by atoms with Crippen LogP contribution in [0.1, 0.15) is 12.5 Å². The number of carboxylic acid groups (broad SMARTS) is 1. The van der Waals surface area contributed by atoms with E-state index in [4.69, 9.17) is 4.74 Å². The zero-order chi connectivity index (χ0) is 23.1. The van der Waals surface area contributed by atoms with Crippen molar-refractivity contribution in [2.45, 2.75) is 19.4 Å². The Hall–Kier alpha value is -3.25. The lowest BCUT2D eigenvalue weighted by atomic mass is 9.98. The molecule has 0 aliphatic rings. The standard InChI is InChI=1S/C26H27NO4S/c1-18(26(29)30)27(23-13-11-21(12-14-23)20-8-4-3-5-9-20)25(28)22(17-32)15-19-7-6-10-24(16-19)31-2/h3-14,16,18,22,32H,15,17H2,1-2H3,(H,29,30)/t18-,22?/m0/s1. The van der Waals surface area contributed by atoms with Crippen molar-refractivity contribution in [1.29, 1.82) is 0 Å². The Labute approximate surface area is 194 Å². The first-order chi connectivity index (χ1) is 15.4. The molecular weight excluding hydrogens is 422 g/mol. The van der Waals surface area contributed by atoms with Gasteiger partial charge in [-0.3, -0.25) is 9.69 Å². The van der Waals surface area contributed by atoms with Crippen molar-refractivity contribution < 1.29 is 19.4 Å². The largest absolute Gasteiger partial charge is 0.497 e. The van der Waals surface area contributed by atoms with E-state index in [1.807, 2.05) is 66.7 Å². The van der Waals surface area contributed by atoms with Gasteiger partial charge in [0.15, 0.2) is 0 Å². The lowest BCUT2D eigenvalue weighted by molar-refractivity contribution is -0.140. The van der Waals surface area contributed by atoms with Crippen LogP contribution in [-0.2, 0) is 16.0 Å². The second kappa shape index (κ2) is 10.9. The Morgan fingerprint density at radius 3 is 2.22 bits per heavy atom. The van der Waals surface area contributed by atoms with Crippen molar-refractivity contribution in [3.05, 3.63) is 84.4 Å². The molecule has 1 amide bonds. The molecule has 0 spiro atoms. The number of benzene rings is 3. The molecule has 0 aliphatic carbocycles. The molecular formula is C26H27NO4S. The highest BCUT2D eigenvalue weighted by Crippen LogP contribution is 2.27. The van der Waals surface area contributed by atoms with E-state index in [2.05, 4.69) is 12.6 Å². The van der Waals surface area contributed by atoms with Crippen molar-refractivity contribution in [3.63, 3.8) is 0 Å². The number of anilines is 1. The van der Waals surface area contributed by atoms with Crippen molar-refractivity contribution in [2.24, 2.45) is 5.92 Å². The van der Waals surface area contributed by atoms with Gasteiger partial charge in [0, 0.05) is 11.4 Å². The van der Waals surface area contributed by atoms with E-state index in [1.54, 1.807) is 19.2 Å². The van der Waals surface area contributed by atoms with E-state index in [0.29, 0.717) is 23.6 Å². The molecule has 0 saturated carbocycles. The molecule has 1 N–H and O–H groups in total. The Morgan fingerprint density at radius 2 is 1.62 bits per heavy atom. The Bertz CT molecular complexity index is 1050. The highest BCUT2D eigenvalue weighted by atomic mass is 32.1. The van der Waals surface area contributed by atoms with E-state index in [1.165, 1.54) is 11.8 Å². The summed E-state index contributed by atoms with van der Waals surface area (Å²) in [4.78, 5) is 26.7. The van der Waals surface area contributed by atoms with Gasteiger partial charge >= 0.3 is 5.97 Å². The minimum Gasteiger partial charge on any atom is -0.497 e. The zero-order valence-corrected chi connectivity index (χ0v) is 19.0. The van der Waals surface area contributed by atoms with Crippen LogP contribution >= 0.6 is 12.6 Å². The third kappa shape index (κ3) is 5.51. The van der Waals surface area contributed by atoms with Crippen molar-refractivity contribution in [1.82, 2.24) is 0 Å². The number of rotatable bonds is 9. The van der Waals surface area contributed by atoms with Crippen LogP contribution in [0, 0.1) is 5.92 Å². The van der Waals surface area contributed by atoms with E-state index in [-0.39, 0.29) is 5.91 Å². The van der Waals surface area contributed by atoms with Gasteiger partial charge in [0.25, 0.3) is 0 Å². The highest BCUT2D eigenvalue weighted by molar-refractivity contribution is 7.80. The van der Waals surface area contributed by atoms with E-state index in [9.17, 15) is 14.7 Å². The van der Waals surface area contributed by atoms with Gasteiger partial charge in [-0.15, -0.1) is 0 Å². The summed E-state index contributed by atoms with van der Waals surface area (Å²) in [5.41, 5.74) is 3.52. The summed E-state index contributed by atoms with van der Waals surface area (Å²) in [6.45, 7) is 1.52. The summed E-state index contributed by atoms with van der Waals surface area (Å²) in [7, 11) is 1.59. The fourth-order valence-corrected chi connectivity index (χ4v) is 3.89. The Kier molecular flexibility index (Phi) is 7.95. The van der Waals surface area contributed by atoms with Gasteiger partial charge in [0.1, 0.15) is 11.8 Å². The van der Waals surface area contributed by atoms with Gasteiger partial charge in [-0.1, -0.05) is 54.6 Å². The molecule has 3 rings (SSSR count). The summed E-state index contributed by atoms with van der Waals surface area (Å²) < 4.78 is 5.27. The van der Waals surface area contributed by atoms with Gasteiger partial charge in [-0.25, -0.2) is 4.79 Å². The molecule has 0 saturated heterocycles. The molecule has 0 aliphatic heterocycles. The number of carbonyl (C=O) groups is 2. The van der Waals surface area contributed by atoms with E-state index in [0.717, 1.165) is 16.7 Å². The molecule has 0 radical (unpaired) electrons. The summed E-state index contributed by atoms with van der Waals surface area (Å²) in [6, 6.07) is 23.8. The number of hydrogen-bond donors (Lipinski definition) is 2. The van der Waals surface area contributed by atoms with E-state index < -0.39 is 17.9 Å². The first-order valence-corrected chi connectivity index (χ1v) is 11.0. The Morgan fingerprint density at radius 1 is 0.969 bits per heavy atom. The second-order valence-electron chi connectivity index (χ2n) is 7.57.